The van der Waals surface area contributed by atoms with E-state index in [0.717, 1.165) is 0 Å². The Kier molecular flexibility index (Phi) is 1.17. The molecule has 0 aromatic carbocycles. The predicted molar refractivity (Wildman–Crippen MR) is 35.0 cm³/mol. The molecule has 9 heavy (non-hydrogen) atoms. The fraction of sp³-hybridized carbons (Fsp3) is 1.00. The number of hydrogen-bond acceptors (Lipinski definition) is 2. The van der Waals surface area contributed by atoms with Crippen LogP contribution in [-0.4, -0.2) is 17.0 Å². The molecular weight excluding hydrogens is 116 g/mol. The summed E-state index contributed by atoms with van der Waals surface area (Å²) in [6.07, 6.45) is 0.0185. The summed E-state index contributed by atoms with van der Waals surface area (Å²) in [6, 6.07) is 0. The van der Waals surface area contributed by atoms with E-state index < -0.39 is 5.79 Å². The Morgan fingerprint density at radius 2 is 1.78 bits per heavy atom. The first kappa shape index (κ1) is 7.03. The number of epoxide rings is 1. The van der Waals surface area contributed by atoms with Crippen LogP contribution in [0.5, 0.6) is 0 Å². The maximum Gasteiger partial charge on any atom is 0.190 e. The Morgan fingerprint density at radius 1 is 1.44 bits per heavy atom. The fourth-order valence-electron chi connectivity index (χ4n) is 1.18. The van der Waals surface area contributed by atoms with Gasteiger partial charge in [-0.2, -0.15) is 0 Å². The molecule has 0 saturated carbocycles. The summed E-state index contributed by atoms with van der Waals surface area (Å²) >= 11 is 0. The van der Waals surface area contributed by atoms with Gasteiger partial charge in [0.1, 0.15) is 6.10 Å². The van der Waals surface area contributed by atoms with Gasteiger partial charge in [-0.3, -0.25) is 0 Å². The second kappa shape index (κ2) is 1.50. The van der Waals surface area contributed by atoms with Crippen LogP contribution in [-0.2, 0) is 4.74 Å². The lowest BCUT2D eigenvalue weighted by atomic mass is 9.89. The van der Waals surface area contributed by atoms with Gasteiger partial charge in [-0.1, -0.05) is 20.8 Å². The summed E-state index contributed by atoms with van der Waals surface area (Å²) in [5, 5.41) is 9.21. The van der Waals surface area contributed by atoms with Gasteiger partial charge in [0.2, 0.25) is 0 Å². The molecule has 0 bridgehead atoms. The molecular formula is C7H14O2. The number of hydrogen-bond donors (Lipinski definition) is 1. The molecule has 1 heterocycles. The van der Waals surface area contributed by atoms with Gasteiger partial charge in [0.15, 0.2) is 5.79 Å². The van der Waals surface area contributed by atoms with Crippen LogP contribution in [0, 0.1) is 5.41 Å². The summed E-state index contributed by atoms with van der Waals surface area (Å²) in [5.41, 5.74) is 0.0729. The molecule has 0 aromatic heterocycles. The minimum Gasteiger partial charge on any atom is -0.364 e. The Labute approximate surface area is 55.8 Å². The molecule has 0 amide bonds. The van der Waals surface area contributed by atoms with E-state index in [1.54, 1.807) is 6.92 Å². The van der Waals surface area contributed by atoms with E-state index in [0.29, 0.717) is 0 Å². The first-order valence-electron chi connectivity index (χ1n) is 3.24. The third kappa shape index (κ3) is 1.25. The van der Waals surface area contributed by atoms with Crippen molar-refractivity contribution in [2.24, 2.45) is 5.41 Å². The van der Waals surface area contributed by atoms with E-state index in [9.17, 15) is 5.11 Å². The van der Waals surface area contributed by atoms with E-state index in [1.165, 1.54) is 0 Å². The fourth-order valence-corrected chi connectivity index (χ4v) is 1.18. The smallest absolute Gasteiger partial charge is 0.190 e. The predicted octanol–water partition coefficient (Wildman–Crippen LogP) is 1.14. The molecule has 1 saturated heterocycles. The van der Waals surface area contributed by atoms with Crippen molar-refractivity contribution < 1.29 is 9.84 Å². The number of rotatable bonds is 0. The maximum atomic E-state index is 9.21. The van der Waals surface area contributed by atoms with Crippen molar-refractivity contribution in [2.75, 3.05) is 0 Å². The molecule has 0 spiro atoms. The van der Waals surface area contributed by atoms with Crippen molar-refractivity contribution in [3.63, 3.8) is 0 Å². The van der Waals surface area contributed by atoms with E-state index in [2.05, 4.69) is 20.8 Å². The highest BCUT2D eigenvalue weighted by Crippen LogP contribution is 2.44. The zero-order valence-corrected chi connectivity index (χ0v) is 6.43. The molecule has 1 fully saturated rings. The van der Waals surface area contributed by atoms with Crippen LogP contribution in [0.25, 0.3) is 0 Å². The third-order valence-electron chi connectivity index (χ3n) is 1.57. The first-order chi connectivity index (χ1) is 3.84. The molecule has 1 rings (SSSR count). The highest BCUT2D eigenvalue weighted by molar-refractivity contribution is 4.96. The average molecular weight is 130 g/mol. The lowest BCUT2D eigenvalue weighted by Crippen LogP contribution is -2.21. The van der Waals surface area contributed by atoms with Crippen molar-refractivity contribution in [3.8, 4) is 0 Å². The summed E-state index contributed by atoms with van der Waals surface area (Å²) in [7, 11) is 0. The van der Waals surface area contributed by atoms with Crippen molar-refractivity contribution in [3.05, 3.63) is 0 Å². The highest BCUT2D eigenvalue weighted by Gasteiger charge is 2.57. The molecule has 0 aliphatic carbocycles. The average Bonchev–Trinajstić information content (AvgIpc) is 2.10. The normalized spacial score (nSPS) is 43.0. The quantitative estimate of drug-likeness (QED) is 0.499. The molecule has 54 valence electrons. The molecule has 2 nitrogen and oxygen atoms in total. The van der Waals surface area contributed by atoms with Crippen LogP contribution in [0.1, 0.15) is 27.7 Å². The van der Waals surface area contributed by atoms with E-state index in [1.807, 2.05) is 0 Å². The molecule has 1 aliphatic rings. The van der Waals surface area contributed by atoms with Gasteiger partial charge in [-0.05, 0) is 12.3 Å². The Morgan fingerprint density at radius 3 is 1.78 bits per heavy atom. The molecule has 2 atom stereocenters. The minimum absolute atomic E-state index is 0.0185. The van der Waals surface area contributed by atoms with Gasteiger partial charge in [-0.25, -0.2) is 0 Å². The van der Waals surface area contributed by atoms with Crippen molar-refractivity contribution in [1.82, 2.24) is 0 Å². The van der Waals surface area contributed by atoms with Gasteiger partial charge in [-0.15, -0.1) is 0 Å². The standard InChI is InChI=1S/C7H14O2/c1-6(2,3)5-7(4,8)9-5/h5,8H,1-4H3. The van der Waals surface area contributed by atoms with Crippen molar-refractivity contribution in [1.29, 1.82) is 0 Å². The van der Waals surface area contributed by atoms with Crippen LogP contribution in [0.4, 0.5) is 0 Å². The van der Waals surface area contributed by atoms with Crippen LogP contribution in [0.15, 0.2) is 0 Å². The van der Waals surface area contributed by atoms with E-state index in [4.69, 9.17) is 4.74 Å². The Hall–Kier alpha value is -0.0800. The molecule has 0 radical (unpaired) electrons. The zero-order valence-electron chi connectivity index (χ0n) is 6.43. The Balaban J connectivity index is 2.52. The maximum absolute atomic E-state index is 9.21. The van der Waals surface area contributed by atoms with E-state index in [-0.39, 0.29) is 11.5 Å². The Bertz CT molecular complexity index is 121. The summed E-state index contributed by atoms with van der Waals surface area (Å²) < 4.78 is 5.02. The van der Waals surface area contributed by atoms with Crippen LogP contribution in [0.2, 0.25) is 0 Å². The SMILES string of the molecule is CC(C)(C)C1OC1(C)O. The minimum atomic E-state index is -0.849. The first-order valence-corrected chi connectivity index (χ1v) is 3.24. The van der Waals surface area contributed by atoms with E-state index >= 15 is 0 Å². The van der Waals surface area contributed by atoms with Crippen molar-refractivity contribution >= 4 is 0 Å². The van der Waals surface area contributed by atoms with Gasteiger partial charge in [0, 0.05) is 0 Å². The van der Waals surface area contributed by atoms with Crippen LogP contribution < -0.4 is 0 Å². The molecule has 1 aliphatic heterocycles. The number of aliphatic hydroxyl groups is 1. The van der Waals surface area contributed by atoms with Gasteiger partial charge in [0.05, 0.1) is 0 Å². The third-order valence-corrected chi connectivity index (χ3v) is 1.57. The zero-order chi connectivity index (χ0) is 7.28. The molecule has 2 unspecified atom stereocenters. The second-order valence-corrected chi connectivity index (χ2v) is 3.92. The van der Waals surface area contributed by atoms with Crippen LogP contribution >= 0.6 is 0 Å². The van der Waals surface area contributed by atoms with Gasteiger partial charge < -0.3 is 9.84 Å². The lowest BCUT2D eigenvalue weighted by molar-refractivity contribution is 0.0548. The highest BCUT2D eigenvalue weighted by atomic mass is 16.7. The lowest BCUT2D eigenvalue weighted by Gasteiger charge is -2.14. The summed E-state index contributed by atoms with van der Waals surface area (Å²) in [6.45, 7) is 7.86. The molecule has 0 aromatic rings. The number of ether oxygens (including phenoxy) is 1. The second-order valence-electron chi connectivity index (χ2n) is 3.92. The largest absolute Gasteiger partial charge is 0.364 e. The summed E-state index contributed by atoms with van der Waals surface area (Å²) in [4.78, 5) is 0. The molecule has 2 heteroatoms. The van der Waals surface area contributed by atoms with Gasteiger partial charge >= 0.3 is 0 Å². The monoisotopic (exact) mass is 130 g/mol. The van der Waals surface area contributed by atoms with Gasteiger partial charge in [0.25, 0.3) is 0 Å². The van der Waals surface area contributed by atoms with Crippen LogP contribution in [0.3, 0.4) is 0 Å². The molecule has 1 N–H and O–H groups in total. The van der Waals surface area contributed by atoms with Crippen molar-refractivity contribution in [2.45, 2.75) is 39.6 Å². The topological polar surface area (TPSA) is 32.8 Å². The summed E-state index contributed by atoms with van der Waals surface area (Å²) in [5.74, 6) is -0.849.